The van der Waals surface area contributed by atoms with Crippen molar-refractivity contribution in [3.63, 3.8) is 0 Å². The molecule has 2 aromatic carbocycles. The molecule has 0 unspecified atom stereocenters. The van der Waals surface area contributed by atoms with Gasteiger partial charge in [-0.1, -0.05) is 35.5 Å². The molecule has 4 rings (SSSR count). The molecule has 13 heteroatoms. The normalized spacial score (nSPS) is 10.8. The predicted octanol–water partition coefficient (Wildman–Crippen LogP) is 5.57. The number of hydrogen-bond acceptors (Lipinski definition) is 8. The number of esters is 1. The summed E-state index contributed by atoms with van der Waals surface area (Å²) in [5.74, 6) is -1.09. The van der Waals surface area contributed by atoms with Crippen molar-refractivity contribution < 1.29 is 27.8 Å². The lowest BCUT2D eigenvalue weighted by Crippen LogP contribution is -2.16. The van der Waals surface area contributed by atoms with E-state index >= 15 is 0 Å². The van der Waals surface area contributed by atoms with Crippen molar-refractivity contribution in [2.24, 2.45) is 7.05 Å². The lowest BCUT2D eigenvalue weighted by molar-refractivity contribution is -0.113. The number of halogens is 3. The van der Waals surface area contributed by atoms with Gasteiger partial charge in [0.1, 0.15) is 34.6 Å². The molecule has 0 spiro atoms. The van der Waals surface area contributed by atoms with E-state index in [1.807, 2.05) is 0 Å². The van der Waals surface area contributed by atoms with Crippen LogP contribution in [0.15, 0.2) is 53.0 Å². The number of nitrogens with one attached hydrogen (secondary N) is 1. The molecule has 0 saturated carbocycles. The highest BCUT2D eigenvalue weighted by molar-refractivity contribution is 7.99. The second kappa shape index (κ2) is 11.7. The van der Waals surface area contributed by atoms with Gasteiger partial charge in [0.25, 0.3) is 0 Å². The number of hydrogen-bond donors (Lipinski definition) is 1. The number of anilines is 1. The molecule has 4 aromatic rings. The van der Waals surface area contributed by atoms with Gasteiger partial charge in [0.05, 0.1) is 17.9 Å². The van der Waals surface area contributed by atoms with Crippen LogP contribution in [0, 0.1) is 11.6 Å². The lowest BCUT2D eigenvalue weighted by Gasteiger charge is -2.08. The van der Waals surface area contributed by atoms with Crippen molar-refractivity contribution in [1.82, 2.24) is 14.8 Å². The van der Waals surface area contributed by atoms with Gasteiger partial charge in [-0.2, -0.15) is 0 Å². The Kier molecular flexibility index (Phi) is 8.41. The summed E-state index contributed by atoms with van der Waals surface area (Å²) in [5.41, 5.74) is 1.33. The molecule has 192 valence electrons. The number of nitrogens with zero attached hydrogens (tertiary/aromatic N) is 3. The van der Waals surface area contributed by atoms with E-state index in [1.54, 1.807) is 29.1 Å². The molecule has 0 bridgehead atoms. The van der Waals surface area contributed by atoms with Gasteiger partial charge in [-0.3, -0.25) is 4.79 Å². The summed E-state index contributed by atoms with van der Waals surface area (Å²) in [6.45, 7) is 0.0576. The first-order chi connectivity index (χ1) is 17.8. The van der Waals surface area contributed by atoms with Crippen LogP contribution in [0.5, 0.6) is 5.75 Å². The minimum absolute atomic E-state index is 0.00913. The molecule has 2 aromatic heterocycles. The fraction of sp³-hybridized carbons (Fsp3) is 0.167. The summed E-state index contributed by atoms with van der Waals surface area (Å²) in [5, 5.41) is 13.3. The number of benzene rings is 2. The van der Waals surface area contributed by atoms with Gasteiger partial charge in [0, 0.05) is 24.1 Å². The van der Waals surface area contributed by atoms with Gasteiger partial charge in [0.15, 0.2) is 11.0 Å². The number of amides is 1. The van der Waals surface area contributed by atoms with Crippen molar-refractivity contribution in [1.29, 1.82) is 0 Å². The van der Waals surface area contributed by atoms with Gasteiger partial charge in [0.2, 0.25) is 5.91 Å². The topological polar surface area (TPSA) is 95.3 Å². The first-order valence-corrected chi connectivity index (χ1v) is 12.9. The Morgan fingerprint density at radius 1 is 1.16 bits per heavy atom. The van der Waals surface area contributed by atoms with Crippen LogP contribution in [0.1, 0.15) is 16.2 Å². The number of thioether (sulfide) groups is 1. The number of carbonyl (C=O) groups excluding carboxylic acids is 2. The number of carbonyl (C=O) groups is 2. The highest BCUT2D eigenvalue weighted by atomic mass is 35.5. The molecule has 0 aliphatic carbocycles. The molecule has 0 fully saturated rings. The van der Waals surface area contributed by atoms with Gasteiger partial charge in [-0.25, -0.2) is 13.6 Å². The maximum absolute atomic E-state index is 13.3. The van der Waals surface area contributed by atoms with E-state index in [4.69, 9.17) is 21.1 Å². The summed E-state index contributed by atoms with van der Waals surface area (Å²) in [6.07, 6.45) is 0. The summed E-state index contributed by atoms with van der Waals surface area (Å²) in [7, 11) is 2.97. The fourth-order valence-corrected chi connectivity index (χ4v) is 5.07. The molecule has 8 nitrogen and oxygen atoms in total. The van der Waals surface area contributed by atoms with Crippen molar-refractivity contribution in [2.45, 2.75) is 11.8 Å². The van der Waals surface area contributed by atoms with Crippen LogP contribution in [-0.2, 0) is 23.2 Å². The van der Waals surface area contributed by atoms with E-state index in [0.717, 1.165) is 23.1 Å². The molecular formula is C24H19ClF2N4O4S2. The Morgan fingerprint density at radius 2 is 1.92 bits per heavy atom. The number of thiophene rings is 1. The zero-order chi connectivity index (χ0) is 26.5. The molecule has 1 N–H and O–H groups in total. The third-order valence-corrected chi connectivity index (χ3v) is 7.31. The van der Waals surface area contributed by atoms with Crippen molar-refractivity contribution in [2.75, 3.05) is 18.2 Å². The Labute approximate surface area is 223 Å². The zero-order valence-corrected chi connectivity index (χ0v) is 21.8. The SMILES string of the molecule is COC(=O)c1c(-c2ccc(F)cc2)csc1NC(=O)CSc1nnc(COc2ccc(F)c(Cl)c2)n1C. The molecule has 0 aliphatic heterocycles. The van der Waals surface area contributed by atoms with Crippen molar-refractivity contribution >= 4 is 51.6 Å². The van der Waals surface area contributed by atoms with Crippen LogP contribution < -0.4 is 10.1 Å². The average Bonchev–Trinajstić information content (AvgIpc) is 3.46. The minimum atomic E-state index is -0.621. The van der Waals surface area contributed by atoms with Gasteiger partial charge < -0.3 is 19.4 Å². The van der Waals surface area contributed by atoms with E-state index in [9.17, 15) is 18.4 Å². The maximum Gasteiger partial charge on any atom is 0.341 e. The van der Waals surface area contributed by atoms with Crippen LogP contribution in [0.25, 0.3) is 11.1 Å². The largest absolute Gasteiger partial charge is 0.486 e. The Bertz CT molecular complexity index is 1440. The molecule has 0 saturated heterocycles. The summed E-state index contributed by atoms with van der Waals surface area (Å²) in [4.78, 5) is 25.1. The van der Waals surface area contributed by atoms with Gasteiger partial charge >= 0.3 is 5.97 Å². The highest BCUT2D eigenvalue weighted by Gasteiger charge is 2.23. The van der Waals surface area contributed by atoms with Crippen LogP contribution >= 0.6 is 34.7 Å². The average molecular weight is 565 g/mol. The second-order valence-corrected chi connectivity index (χ2v) is 9.74. The zero-order valence-electron chi connectivity index (χ0n) is 19.5. The third-order valence-electron chi connectivity index (χ3n) is 5.11. The monoisotopic (exact) mass is 564 g/mol. The second-order valence-electron chi connectivity index (χ2n) is 7.51. The minimum Gasteiger partial charge on any atom is -0.486 e. The van der Waals surface area contributed by atoms with E-state index in [0.29, 0.717) is 32.9 Å². The molecule has 2 heterocycles. The highest BCUT2D eigenvalue weighted by Crippen LogP contribution is 2.36. The molecule has 0 atom stereocenters. The number of ether oxygens (including phenoxy) is 2. The molecule has 0 radical (unpaired) electrons. The van der Waals surface area contributed by atoms with E-state index in [2.05, 4.69) is 15.5 Å². The molecule has 1 amide bonds. The summed E-state index contributed by atoms with van der Waals surface area (Å²) >= 11 is 8.07. The predicted molar refractivity (Wildman–Crippen MR) is 137 cm³/mol. The van der Waals surface area contributed by atoms with Crippen LogP contribution in [0.3, 0.4) is 0 Å². The Balaban J connectivity index is 1.39. The Hall–Kier alpha value is -3.48. The standard InChI is InChI=1S/C24H19ClF2N4O4S2/c1-31-19(10-35-15-7-8-18(27)17(25)9-15)29-30-24(31)37-12-20(32)28-22-21(23(33)34-2)16(11-36-22)13-3-5-14(26)6-4-13/h3-9,11H,10,12H2,1-2H3,(H,28,32). The van der Waals surface area contributed by atoms with E-state index in [-0.39, 0.29) is 28.9 Å². The van der Waals surface area contributed by atoms with Crippen LogP contribution in [-0.4, -0.2) is 39.5 Å². The van der Waals surface area contributed by atoms with Crippen LogP contribution in [0.4, 0.5) is 13.8 Å². The first-order valence-electron chi connectivity index (χ1n) is 10.6. The lowest BCUT2D eigenvalue weighted by atomic mass is 10.0. The summed E-state index contributed by atoms with van der Waals surface area (Å²) in [6, 6.07) is 9.69. The van der Waals surface area contributed by atoms with Gasteiger partial charge in [-0.05, 0) is 29.8 Å². The van der Waals surface area contributed by atoms with Crippen molar-refractivity contribution in [3.8, 4) is 16.9 Å². The maximum atomic E-state index is 13.3. The number of rotatable bonds is 9. The first kappa shape index (κ1) is 26.6. The Morgan fingerprint density at radius 3 is 2.62 bits per heavy atom. The van der Waals surface area contributed by atoms with Crippen LogP contribution in [0.2, 0.25) is 5.02 Å². The van der Waals surface area contributed by atoms with E-state index in [1.165, 1.54) is 37.4 Å². The quantitative estimate of drug-likeness (QED) is 0.210. The number of methoxy groups -OCH3 is 1. The fourth-order valence-electron chi connectivity index (χ4n) is 3.20. The van der Waals surface area contributed by atoms with Crippen molar-refractivity contribution in [3.05, 3.63) is 75.9 Å². The molecule has 37 heavy (non-hydrogen) atoms. The van der Waals surface area contributed by atoms with Gasteiger partial charge in [-0.15, -0.1) is 21.5 Å². The number of aromatic nitrogens is 3. The summed E-state index contributed by atoms with van der Waals surface area (Å²) < 4.78 is 38.8. The third kappa shape index (κ3) is 6.27. The smallest absolute Gasteiger partial charge is 0.341 e. The molecular weight excluding hydrogens is 546 g/mol. The van der Waals surface area contributed by atoms with E-state index < -0.39 is 17.6 Å². The molecule has 0 aliphatic rings.